The van der Waals surface area contributed by atoms with E-state index >= 15 is 0 Å². The summed E-state index contributed by atoms with van der Waals surface area (Å²) in [5.41, 5.74) is 0.838. The van der Waals surface area contributed by atoms with Crippen molar-refractivity contribution in [3.8, 4) is 0 Å². The van der Waals surface area contributed by atoms with Gasteiger partial charge in [-0.15, -0.1) is 0 Å². The van der Waals surface area contributed by atoms with Crippen LogP contribution in [0.4, 0.5) is 5.69 Å². The fourth-order valence-electron chi connectivity index (χ4n) is 2.16. The number of rotatable bonds is 4. The number of nitrogens with one attached hydrogen (secondary N) is 1. The molecular formula is C14H19N3O2S. The molecular weight excluding hydrogens is 274 g/mol. The molecule has 0 radical (unpaired) electrons. The summed E-state index contributed by atoms with van der Waals surface area (Å²) < 4.78 is 0. The van der Waals surface area contributed by atoms with E-state index in [-0.39, 0.29) is 24.3 Å². The van der Waals surface area contributed by atoms with E-state index in [9.17, 15) is 9.59 Å². The van der Waals surface area contributed by atoms with Crippen LogP contribution in [0.1, 0.15) is 27.2 Å². The molecule has 2 rings (SSSR count). The molecule has 1 aromatic heterocycles. The molecule has 1 N–H and O–H groups in total. The Morgan fingerprint density at radius 2 is 2.30 bits per heavy atom. The zero-order valence-corrected chi connectivity index (χ0v) is 12.7. The highest BCUT2D eigenvalue weighted by Crippen LogP contribution is 2.38. The van der Waals surface area contributed by atoms with Crippen LogP contribution < -0.4 is 10.2 Å². The highest BCUT2D eigenvalue weighted by atomic mass is 32.2. The fraction of sp³-hybridized carbons (Fsp3) is 0.500. The summed E-state index contributed by atoms with van der Waals surface area (Å²) in [7, 11) is 0. The van der Waals surface area contributed by atoms with Gasteiger partial charge in [0.2, 0.25) is 11.8 Å². The van der Waals surface area contributed by atoms with Crippen LogP contribution in [-0.4, -0.2) is 34.6 Å². The zero-order chi connectivity index (χ0) is 14.7. The molecule has 0 fully saturated rings. The number of nitrogens with zero attached hydrogens (tertiary/aromatic N) is 2. The number of carbonyl (C=O) groups excluding carboxylic acids is 2. The summed E-state index contributed by atoms with van der Waals surface area (Å²) in [5, 5.41) is 3.25. The van der Waals surface area contributed by atoms with Crippen LogP contribution in [0.25, 0.3) is 0 Å². The van der Waals surface area contributed by atoms with Crippen molar-refractivity contribution in [1.29, 1.82) is 0 Å². The largest absolute Gasteiger partial charge is 0.354 e. The quantitative estimate of drug-likeness (QED) is 0.920. The van der Waals surface area contributed by atoms with E-state index in [0.717, 1.165) is 10.7 Å². The van der Waals surface area contributed by atoms with E-state index in [1.54, 1.807) is 11.1 Å². The van der Waals surface area contributed by atoms with Crippen molar-refractivity contribution in [2.75, 3.05) is 11.4 Å². The molecule has 0 spiro atoms. The molecule has 1 aliphatic heterocycles. The second-order valence-corrected chi connectivity index (χ2v) is 6.13. The van der Waals surface area contributed by atoms with Gasteiger partial charge in [-0.05, 0) is 32.9 Å². The molecule has 6 heteroatoms. The van der Waals surface area contributed by atoms with Gasteiger partial charge < -0.3 is 10.2 Å². The van der Waals surface area contributed by atoms with Gasteiger partial charge in [0.15, 0.2) is 0 Å². The highest BCUT2D eigenvalue weighted by Gasteiger charge is 2.34. The standard InChI is InChI=1S/C14H19N3O2S/c1-4-17-10-6-5-7-15-13(10)20-11(14(17)19)8-12(18)16-9(2)3/h5-7,9,11H,4,8H2,1-3H3,(H,16,18). The van der Waals surface area contributed by atoms with Crippen LogP contribution in [-0.2, 0) is 9.59 Å². The number of carbonyl (C=O) groups is 2. The molecule has 0 bridgehead atoms. The molecule has 1 atom stereocenters. The Labute approximate surface area is 123 Å². The minimum absolute atomic E-state index is 0.0168. The molecule has 1 unspecified atom stereocenters. The summed E-state index contributed by atoms with van der Waals surface area (Å²) in [6.07, 6.45) is 1.90. The average molecular weight is 293 g/mol. The van der Waals surface area contributed by atoms with Crippen LogP contribution >= 0.6 is 11.8 Å². The topological polar surface area (TPSA) is 62.3 Å². The lowest BCUT2D eigenvalue weighted by atomic mass is 10.2. The smallest absolute Gasteiger partial charge is 0.241 e. The van der Waals surface area contributed by atoms with Gasteiger partial charge in [-0.3, -0.25) is 9.59 Å². The summed E-state index contributed by atoms with van der Waals surface area (Å²) in [4.78, 5) is 30.3. The van der Waals surface area contributed by atoms with Gasteiger partial charge in [-0.2, -0.15) is 0 Å². The predicted molar refractivity (Wildman–Crippen MR) is 79.8 cm³/mol. The SMILES string of the molecule is CCN1C(=O)C(CC(=O)NC(C)C)Sc2ncccc21. The molecule has 108 valence electrons. The Balaban J connectivity index is 2.17. The summed E-state index contributed by atoms with van der Waals surface area (Å²) >= 11 is 1.38. The number of hydrogen-bond acceptors (Lipinski definition) is 4. The average Bonchev–Trinajstić information content (AvgIpc) is 2.39. The molecule has 1 aliphatic rings. The van der Waals surface area contributed by atoms with Crippen LogP contribution in [0.2, 0.25) is 0 Å². The van der Waals surface area contributed by atoms with E-state index < -0.39 is 5.25 Å². The molecule has 2 heterocycles. The van der Waals surface area contributed by atoms with Gasteiger partial charge in [-0.1, -0.05) is 11.8 Å². The van der Waals surface area contributed by atoms with E-state index in [0.29, 0.717) is 6.54 Å². The second kappa shape index (κ2) is 6.26. The minimum atomic E-state index is -0.393. The van der Waals surface area contributed by atoms with Gasteiger partial charge in [0.05, 0.1) is 10.9 Å². The molecule has 0 saturated heterocycles. The predicted octanol–water partition coefficient (Wildman–Crippen LogP) is 1.82. The van der Waals surface area contributed by atoms with Crippen molar-refractivity contribution in [3.63, 3.8) is 0 Å². The number of pyridine rings is 1. The molecule has 5 nitrogen and oxygen atoms in total. The molecule has 0 aromatic carbocycles. The van der Waals surface area contributed by atoms with Crippen molar-refractivity contribution in [3.05, 3.63) is 18.3 Å². The number of hydrogen-bond donors (Lipinski definition) is 1. The lowest BCUT2D eigenvalue weighted by Gasteiger charge is -2.31. The molecule has 20 heavy (non-hydrogen) atoms. The summed E-state index contributed by atoms with van der Waals surface area (Å²) in [6.45, 7) is 6.32. The maximum atomic E-state index is 12.4. The van der Waals surface area contributed by atoms with E-state index in [2.05, 4.69) is 10.3 Å². The first-order valence-corrected chi connectivity index (χ1v) is 7.63. The molecule has 0 aliphatic carbocycles. The molecule has 0 saturated carbocycles. The first-order valence-electron chi connectivity index (χ1n) is 6.75. The summed E-state index contributed by atoms with van der Waals surface area (Å²) in [6, 6.07) is 3.79. The van der Waals surface area contributed by atoms with Crippen molar-refractivity contribution < 1.29 is 9.59 Å². The maximum absolute atomic E-state index is 12.4. The summed E-state index contributed by atoms with van der Waals surface area (Å²) in [5.74, 6) is -0.113. The third-order valence-corrected chi connectivity index (χ3v) is 4.16. The van der Waals surface area contributed by atoms with Gasteiger partial charge in [-0.25, -0.2) is 4.98 Å². The fourth-order valence-corrected chi connectivity index (χ4v) is 3.31. The number of aromatic nitrogens is 1. The van der Waals surface area contributed by atoms with Crippen molar-refractivity contribution in [2.45, 2.75) is 43.5 Å². The Morgan fingerprint density at radius 3 is 2.95 bits per heavy atom. The van der Waals surface area contributed by atoms with Crippen molar-refractivity contribution in [2.24, 2.45) is 0 Å². The normalized spacial score (nSPS) is 18.1. The maximum Gasteiger partial charge on any atom is 0.241 e. The van der Waals surface area contributed by atoms with E-state index in [1.165, 1.54) is 11.8 Å². The Kier molecular flexibility index (Phi) is 4.65. The monoisotopic (exact) mass is 293 g/mol. The Morgan fingerprint density at radius 1 is 1.55 bits per heavy atom. The lowest BCUT2D eigenvalue weighted by molar-refractivity contribution is -0.125. The van der Waals surface area contributed by atoms with Crippen molar-refractivity contribution >= 4 is 29.3 Å². The van der Waals surface area contributed by atoms with Crippen LogP contribution in [0.15, 0.2) is 23.4 Å². The molecule has 1 aromatic rings. The van der Waals surface area contributed by atoms with Gasteiger partial charge >= 0.3 is 0 Å². The Bertz CT molecular complexity index is 519. The number of thioether (sulfide) groups is 1. The third-order valence-electron chi connectivity index (χ3n) is 2.97. The van der Waals surface area contributed by atoms with E-state index in [4.69, 9.17) is 0 Å². The second-order valence-electron chi connectivity index (χ2n) is 4.94. The molecule has 2 amide bonds. The van der Waals surface area contributed by atoms with Crippen molar-refractivity contribution in [1.82, 2.24) is 10.3 Å². The Hall–Kier alpha value is -1.56. The van der Waals surface area contributed by atoms with E-state index in [1.807, 2.05) is 32.9 Å². The number of fused-ring (bicyclic) bond motifs is 1. The highest BCUT2D eigenvalue weighted by molar-refractivity contribution is 8.00. The minimum Gasteiger partial charge on any atom is -0.354 e. The third kappa shape index (κ3) is 3.12. The van der Waals surface area contributed by atoms with Crippen LogP contribution in [0, 0.1) is 0 Å². The van der Waals surface area contributed by atoms with Gasteiger partial charge in [0.1, 0.15) is 5.03 Å². The van der Waals surface area contributed by atoms with Gasteiger partial charge in [0.25, 0.3) is 0 Å². The van der Waals surface area contributed by atoms with Crippen LogP contribution in [0.5, 0.6) is 0 Å². The van der Waals surface area contributed by atoms with Gasteiger partial charge in [0, 0.05) is 25.2 Å². The lowest BCUT2D eigenvalue weighted by Crippen LogP contribution is -2.43. The first-order chi connectivity index (χ1) is 9.52. The first kappa shape index (κ1) is 14.8. The number of anilines is 1. The van der Waals surface area contributed by atoms with Crippen LogP contribution in [0.3, 0.4) is 0 Å². The number of amides is 2. The zero-order valence-electron chi connectivity index (χ0n) is 11.9.